The van der Waals surface area contributed by atoms with Crippen molar-refractivity contribution in [3.8, 4) is 11.5 Å². The van der Waals surface area contributed by atoms with Crippen LogP contribution in [0.3, 0.4) is 0 Å². The van der Waals surface area contributed by atoms with Gasteiger partial charge in [-0.2, -0.15) is 0 Å². The summed E-state index contributed by atoms with van der Waals surface area (Å²) in [5, 5.41) is 13.1. The first kappa shape index (κ1) is 15.2. The van der Waals surface area contributed by atoms with Gasteiger partial charge in [-0.25, -0.2) is 4.39 Å². The van der Waals surface area contributed by atoms with Gasteiger partial charge in [0.05, 0.1) is 18.3 Å². The molecule has 0 spiro atoms. The normalized spacial score (nSPS) is 12.0. The van der Waals surface area contributed by atoms with E-state index in [0.29, 0.717) is 12.2 Å². The molecule has 3 nitrogen and oxygen atoms in total. The first-order valence-corrected chi connectivity index (χ1v) is 6.99. The summed E-state index contributed by atoms with van der Waals surface area (Å²) in [7, 11) is 0. The molecule has 0 aliphatic carbocycles. The van der Waals surface area contributed by atoms with Crippen LogP contribution in [0, 0.1) is 12.7 Å². The Hall–Kier alpha value is -2.23. The van der Waals surface area contributed by atoms with Gasteiger partial charge in [0.1, 0.15) is 17.3 Å². The van der Waals surface area contributed by atoms with Crippen LogP contribution in [-0.2, 0) is 0 Å². The zero-order valence-corrected chi connectivity index (χ0v) is 12.5. The van der Waals surface area contributed by atoms with Crippen LogP contribution in [0.4, 0.5) is 10.1 Å². The van der Waals surface area contributed by atoms with Gasteiger partial charge < -0.3 is 15.2 Å². The van der Waals surface area contributed by atoms with Crippen LogP contribution < -0.4 is 10.1 Å². The molecule has 112 valence electrons. The van der Waals surface area contributed by atoms with E-state index in [9.17, 15) is 9.50 Å². The number of phenolic OH excluding ortho intramolecular Hbond substituents is 1. The Morgan fingerprint density at radius 3 is 2.67 bits per heavy atom. The molecule has 0 aliphatic heterocycles. The minimum atomic E-state index is -0.450. The molecule has 0 radical (unpaired) electrons. The van der Waals surface area contributed by atoms with Crippen molar-refractivity contribution in [3.63, 3.8) is 0 Å². The fraction of sp³-hybridized carbons (Fsp3) is 0.294. The highest BCUT2D eigenvalue weighted by atomic mass is 19.1. The van der Waals surface area contributed by atoms with E-state index in [1.54, 1.807) is 6.07 Å². The third kappa shape index (κ3) is 3.66. The molecule has 0 saturated heterocycles. The van der Waals surface area contributed by atoms with E-state index in [1.807, 2.05) is 39.0 Å². The number of benzene rings is 2. The van der Waals surface area contributed by atoms with E-state index in [1.165, 1.54) is 6.07 Å². The number of phenols is 1. The first-order chi connectivity index (χ1) is 10.0. The topological polar surface area (TPSA) is 41.5 Å². The fourth-order valence-corrected chi connectivity index (χ4v) is 2.22. The molecule has 21 heavy (non-hydrogen) atoms. The summed E-state index contributed by atoms with van der Waals surface area (Å²) < 4.78 is 18.7. The number of halogens is 1. The standard InChI is InChI=1S/C17H20FNO2/c1-4-21-17-9-11(2)5-8-15(17)19-12(3)14-7-6-13(18)10-16(14)20/h5-10,12,19-20H,4H2,1-3H3. The summed E-state index contributed by atoms with van der Waals surface area (Å²) in [6.07, 6.45) is 0. The van der Waals surface area contributed by atoms with Crippen molar-refractivity contribution in [1.82, 2.24) is 0 Å². The van der Waals surface area contributed by atoms with Crippen molar-refractivity contribution in [2.24, 2.45) is 0 Å². The van der Waals surface area contributed by atoms with Gasteiger partial charge >= 0.3 is 0 Å². The average Bonchev–Trinajstić information content (AvgIpc) is 2.42. The molecule has 2 N–H and O–H groups in total. The Morgan fingerprint density at radius 2 is 2.00 bits per heavy atom. The molecule has 2 aromatic rings. The summed E-state index contributed by atoms with van der Waals surface area (Å²) >= 11 is 0. The highest BCUT2D eigenvalue weighted by Crippen LogP contribution is 2.32. The maximum absolute atomic E-state index is 13.0. The third-order valence-electron chi connectivity index (χ3n) is 3.27. The molecule has 1 atom stereocenters. The summed E-state index contributed by atoms with van der Waals surface area (Å²) in [5.74, 6) is 0.264. The third-order valence-corrected chi connectivity index (χ3v) is 3.27. The Kier molecular flexibility index (Phi) is 4.68. The number of aromatic hydroxyl groups is 1. The van der Waals surface area contributed by atoms with Gasteiger partial charge in [0.25, 0.3) is 0 Å². The monoisotopic (exact) mass is 289 g/mol. The van der Waals surface area contributed by atoms with Crippen molar-refractivity contribution >= 4 is 5.69 Å². The van der Waals surface area contributed by atoms with Gasteiger partial charge in [0, 0.05) is 11.6 Å². The lowest BCUT2D eigenvalue weighted by Gasteiger charge is -2.19. The Bertz CT molecular complexity index is 628. The molecule has 0 aromatic heterocycles. The van der Waals surface area contributed by atoms with E-state index in [2.05, 4.69) is 5.32 Å². The maximum atomic E-state index is 13.0. The molecule has 4 heteroatoms. The highest BCUT2D eigenvalue weighted by Gasteiger charge is 2.13. The van der Waals surface area contributed by atoms with Crippen molar-refractivity contribution in [3.05, 3.63) is 53.3 Å². The van der Waals surface area contributed by atoms with Gasteiger partial charge in [0.2, 0.25) is 0 Å². The van der Waals surface area contributed by atoms with Gasteiger partial charge in [-0.05, 0) is 44.5 Å². The maximum Gasteiger partial charge on any atom is 0.142 e. The van der Waals surface area contributed by atoms with Gasteiger partial charge in [-0.3, -0.25) is 0 Å². The highest BCUT2D eigenvalue weighted by molar-refractivity contribution is 5.59. The van der Waals surface area contributed by atoms with E-state index < -0.39 is 5.82 Å². The van der Waals surface area contributed by atoms with E-state index in [4.69, 9.17) is 4.74 Å². The van der Waals surface area contributed by atoms with E-state index >= 15 is 0 Å². The van der Waals surface area contributed by atoms with Gasteiger partial charge in [0.15, 0.2) is 0 Å². The molecular weight excluding hydrogens is 269 g/mol. The Morgan fingerprint density at radius 1 is 1.24 bits per heavy atom. The fourth-order valence-electron chi connectivity index (χ4n) is 2.22. The second-order valence-corrected chi connectivity index (χ2v) is 5.00. The van der Waals surface area contributed by atoms with Crippen LogP contribution in [0.25, 0.3) is 0 Å². The number of aryl methyl sites for hydroxylation is 1. The predicted molar refractivity (Wildman–Crippen MR) is 82.5 cm³/mol. The van der Waals surface area contributed by atoms with Crippen LogP contribution in [0.2, 0.25) is 0 Å². The van der Waals surface area contributed by atoms with Crippen LogP contribution in [-0.4, -0.2) is 11.7 Å². The first-order valence-electron chi connectivity index (χ1n) is 6.99. The van der Waals surface area contributed by atoms with E-state index in [-0.39, 0.29) is 11.8 Å². The molecule has 2 rings (SSSR count). The van der Waals surface area contributed by atoms with E-state index in [0.717, 1.165) is 23.1 Å². The quantitative estimate of drug-likeness (QED) is 0.856. The number of hydrogen-bond donors (Lipinski definition) is 2. The zero-order valence-electron chi connectivity index (χ0n) is 12.5. The molecule has 0 amide bonds. The summed E-state index contributed by atoms with van der Waals surface area (Å²) in [6, 6.07) is 9.75. The predicted octanol–water partition coefficient (Wildman–Crippen LogP) is 4.41. The van der Waals surface area contributed by atoms with Crippen LogP contribution >= 0.6 is 0 Å². The molecule has 2 aromatic carbocycles. The van der Waals surface area contributed by atoms with Crippen LogP contribution in [0.15, 0.2) is 36.4 Å². The van der Waals surface area contributed by atoms with Crippen molar-refractivity contribution < 1.29 is 14.2 Å². The lowest BCUT2D eigenvalue weighted by atomic mass is 10.1. The Labute approximate surface area is 124 Å². The second kappa shape index (κ2) is 6.48. The molecule has 0 aliphatic rings. The van der Waals surface area contributed by atoms with Gasteiger partial charge in [-0.1, -0.05) is 12.1 Å². The molecule has 0 bridgehead atoms. The lowest BCUT2D eigenvalue weighted by molar-refractivity contribution is 0.341. The number of anilines is 1. The van der Waals surface area contributed by atoms with Crippen LogP contribution in [0.5, 0.6) is 11.5 Å². The Balaban J connectivity index is 2.24. The zero-order chi connectivity index (χ0) is 15.4. The number of nitrogens with one attached hydrogen (secondary N) is 1. The minimum absolute atomic E-state index is 0.0555. The SMILES string of the molecule is CCOc1cc(C)ccc1NC(C)c1ccc(F)cc1O. The number of rotatable bonds is 5. The molecule has 0 fully saturated rings. The number of hydrogen-bond acceptors (Lipinski definition) is 3. The average molecular weight is 289 g/mol. The molecule has 1 unspecified atom stereocenters. The van der Waals surface area contributed by atoms with Gasteiger partial charge in [-0.15, -0.1) is 0 Å². The largest absolute Gasteiger partial charge is 0.507 e. The summed E-state index contributed by atoms with van der Waals surface area (Å²) in [5.41, 5.74) is 2.60. The van der Waals surface area contributed by atoms with Crippen molar-refractivity contribution in [2.75, 3.05) is 11.9 Å². The minimum Gasteiger partial charge on any atom is -0.507 e. The molecule has 0 heterocycles. The van der Waals surface area contributed by atoms with Crippen molar-refractivity contribution in [1.29, 1.82) is 0 Å². The van der Waals surface area contributed by atoms with Crippen LogP contribution in [0.1, 0.15) is 31.0 Å². The molecular formula is C17H20FNO2. The lowest BCUT2D eigenvalue weighted by Crippen LogP contribution is -2.08. The smallest absolute Gasteiger partial charge is 0.142 e. The second-order valence-electron chi connectivity index (χ2n) is 5.00. The summed E-state index contributed by atoms with van der Waals surface area (Å²) in [6.45, 7) is 6.42. The number of ether oxygens (including phenoxy) is 1. The molecule has 0 saturated carbocycles. The van der Waals surface area contributed by atoms with Crippen molar-refractivity contribution in [2.45, 2.75) is 26.8 Å². The summed E-state index contributed by atoms with van der Waals surface area (Å²) in [4.78, 5) is 0.